The molecule has 1 rings (SSSR count). The molecule has 0 fully saturated rings. The molecule has 16 heavy (non-hydrogen) atoms. The summed E-state index contributed by atoms with van der Waals surface area (Å²) in [6.07, 6.45) is 0. The monoisotopic (exact) mass is 242 g/mol. The van der Waals surface area contributed by atoms with Crippen molar-refractivity contribution in [2.45, 2.75) is 20.8 Å². The Morgan fingerprint density at radius 3 is 2.31 bits per heavy atom. The number of rotatable bonds is 3. The van der Waals surface area contributed by atoms with Crippen molar-refractivity contribution in [3.63, 3.8) is 0 Å². The number of carbonyl (C=O) groups is 1. The molecule has 1 unspecified atom stereocenters. The minimum atomic E-state index is -0.149. The summed E-state index contributed by atoms with van der Waals surface area (Å²) < 4.78 is 0. The molecule has 0 saturated carbocycles. The summed E-state index contributed by atoms with van der Waals surface area (Å²) in [5.74, 6) is -0.168. The quantitative estimate of drug-likeness (QED) is 0.854. The lowest BCUT2D eigenvalue weighted by Gasteiger charge is -2.14. The van der Waals surface area contributed by atoms with Crippen LogP contribution >= 0.6 is 12.4 Å². The molecule has 0 aliphatic rings. The molecule has 1 aromatic carbocycles. The van der Waals surface area contributed by atoms with Crippen LogP contribution in [0, 0.1) is 19.8 Å². The number of benzene rings is 1. The number of amides is 1. The molecule has 0 aliphatic heterocycles. The number of hydrogen-bond donors (Lipinski definition) is 2. The fraction of sp³-hybridized carbons (Fsp3) is 0.417. The molecule has 0 bridgehead atoms. The summed E-state index contributed by atoms with van der Waals surface area (Å²) in [7, 11) is 0. The van der Waals surface area contributed by atoms with Crippen LogP contribution in [-0.2, 0) is 4.79 Å². The number of halogens is 1. The molecule has 3 N–H and O–H groups in total. The third-order valence-corrected chi connectivity index (χ3v) is 2.53. The Morgan fingerprint density at radius 1 is 1.38 bits per heavy atom. The van der Waals surface area contributed by atoms with E-state index < -0.39 is 0 Å². The highest BCUT2D eigenvalue weighted by molar-refractivity contribution is 5.93. The minimum Gasteiger partial charge on any atom is -0.330 e. The van der Waals surface area contributed by atoms with Gasteiger partial charge in [0.1, 0.15) is 0 Å². The standard InChI is InChI=1S/C12H18N2O.ClH/c1-8-5-4-6-9(2)11(8)14-12(15)10(3)7-13;/h4-6,10H,7,13H2,1-3H3,(H,14,15);1H. The van der Waals surface area contributed by atoms with Crippen molar-refractivity contribution in [3.8, 4) is 0 Å². The molecular formula is C12H19ClN2O. The second-order valence-corrected chi connectivity index (χ2v) is 3.89. The van der Waals surface area contributed by atoms with Crippen molar-refractivity contribution in [2.24, 2.45) is 11.7 Å². The van der Waals surface area contributed by atoms with Gasteiger partial charge in [0.25, 0.3) is 0 Å². The van der Waals surface area contributed by atoms with E-state index in [2.05, 4.69) is 5.32 Å². The smallest absolute Gasteiger partial charge is 0.228 e. The zero-order valence-corrected chi connectivity index (χ0v) is 10.7. The Morgan fingerprint density at radius 2 is 1.88 bits per heavy atom. The topological polar surface area (TPSA) is 55.1 Å². The predicted molar refractivity (Wildman–Crippen MR) is 70.0 cm³/mol. The first-order valence-electron chi connectivity index (χ1n) is 5.13. The maximum absolute atomic E-state index is 11.7. The van der Waals surface area contributed by atoms with Gasteiger partial charge in [0.2, 0.25) is 5.91 Å². The lowest BCUT2D eigenvalue weighted by molar-refractivity contribution is -0.119. The average Bonchev–Trinajstić information content (AvgIpc) is 2.22. The molecule has 3 nitrogen and oxygen atoms in total. The van der Waals surface area contributed by atoms with Crippen molar-refractivity contribution < 1.29 is 4.79 Å². The summed E-state index contributed by atoms with van der Waals surface area (Å²) in [4.78, 5) is 11.7. The number of anilines is 1. The largest absolute Gasteiger partial charge is 0.330 e. The van der Waals surface area contributed by atoms with Gasteiger partial charge >= 0.3 is 0 Å². The Hall–Kier alpha value is -1.06. The molecule has 0 aromatic heterocycles. The molecule has 1 amide bonds. The number of para-hydroxylation sites is 1. The zero-order chi connectivity index (χ0) is 11.4. The van der Waals surface area contributed by atoms with E-state index in [0.29, 0.717) is 6.54 Å². The van der Waals surface area contributed by atoms with Crippen LogP contribution in [0.25, 0.3) is 0 Å². The number of nitrogens with two attached hydrogens (primary N) is 1. The van der Waals surface area contributed by atoms with Crippen LogP contribution in [0.1, 0.15) is 18.1 Å². The molecule has 4 heteroatoms. The van der Waals surface area contributed by atoms with E-state index in [1.807, 2.05) is 39.0 Å². The normalized spacial score (nSPS) is 11.5. The molecule has 0 radical (unpaired) electrons. The SMILES string of the molecule is Cc1cccc(C)c1NC(=O)C(C)CN.Cl. The first-order valence-corrected chi connectivity index (χ1v) is 5.13. The summed E-state index contributed by atoms with van der Waals surface area (Å²) in [6.45, 7) is 6.16. The lowest BCUT2D eigenvalue weighted by Crippen LogP contribution is -2.27. The first kappa shape index (κ1) is 14.9. The minimum absolute atomic E-state index is 0. The highest BCUT2D eigenvalue weighted by Gasteiger charge is 2.12. The van der Waals surface area contributed by atoms with Gasteiger partial charge in [-0.25, -0.2) is 0 Å². The molecule has 1 aromatic rings. The molecule has 0 heterocycles. The van der Waals surface area contributed by atoms with Gasteiger partial charge in [-0.1, -0.05) is 25.1 Å². The van der Waals surface area contributed by atoms with Crippen molar-refractivity contribution in [1.82, 2.24) is 0 Å². The van der Waals surface area contributed by atoms with Gasteiger partial charge in [-0.05, 0) is 25.0 Å². The van der Waals surface area contributed by atoms with Crippen LogP contribution in [0.5, 0.6) is 0 Å². The van der Waals surface area contributed by atoms with Gasteiger partial charge in [-0.15, -0.1) is 12.4 Å². The van der Waals surface area contributed by atoms with Gasteiger partial charge in [0.05, 0.1) is 0 Å². The van der Waals surface area contributed by atoms with E-state index in [0.717, 1.165) is 16.8 Å². The van der Waals surface area contributed by atoms with E-state index in [1.165, 1.54) is 0 Å². The number of aryl methyl sites for hydroxylation is 2. The molecule has 1 atom stereocenters. The van der Waals surface area contributed by atoms with Crippen molar-refractivity contribution in [1.29, 1.82) is 0 Å². The molecule has 0 aliphatic carbocycles. The molecule has 0 spiro atoms. The number of nitrogens with one attached hydrogen (secondary N) is 1. The fourth-order valence-corrected chi connectivity index (χ4v) is 1.37. The first-order chi connectivity index (χ1) is 7.06. The maximum Gasteiger partial charge on any atom is 0.228 e. The van der Waals surface area contributed by atoms with E-state index in [1.54, 1.807) is 0 Å². The van der Waals surface area contributed by atoms with Crippen LogP contribution < -0.4 is 11.1 Å². The summed E-state index contributed by atoms with van der Waals surface area (Å²) in [6, 6.07) is 5.94. The summed E-state index contributed by atoms with van der Waals surface area (Å²) >= 11 is 0. The Balaban J connectivity index is 0.00000225. The third kappa shape index (κ3) is 3.51. The van der Waals surface area contributed by atoms with Crippen LogP contribution in [-0.4, -0.2) is 12.5 Å². The van der Waals surface area contributed by atoms with Crippen LogP contribution in [0.3, 0.4) is 0 Å². The average molecular weight is 243 g/mol. The van der Waals surface area contributed by atoms with E-state index in [-0.39, 0.29) is 24.2 Å². The van der Waals surface area contributed by atoms with E-state index in [4.69, 9.17) is 5.73 Å². The lowest BCUT2D eigenvalue weighted by atomic mass is 10.1. The third-order valence-electron chi connectivity index (χ3n) is 2.53. The second-order valence-electron chi connectivity index (χ2n) is 3.89. The Kier molecular flexibility index (Phi) is 6.08. The highest BCUT2D eigenvalue weighted by atomic mass is 35.5. The zero-order valence-electron chi connectivity index (χ0n) is 9.91. The maximum atomic E-state index is 11.7. The van der Waals surface area contributed by atoms with Crippen molar-refractivity contribution in [2.75, 3.05) is 11.9 Å². The van der Waals surface area contributed by atoms with Crippen molar-refractivity contribution >= 4 is 24.0 Å². The number of carbonyl (C=O) groups excluding carboxylic acids is 1. The van der Waals surface area contributed by atoms with Crippen LogP contribution in [0.2, 0.25) is 0 Å². The molecule has 0 saturated heterocycles. The van der Waals surface area contributed by atoms with Gasteiger partial charge in [0, 0.05) is 18.2 Å². The Bertz CT molecular complexity index is 346. The molecule has 90 valence electrons. The van der Waals surface area contributed by atoms with Gasteiger partial charge in [0.15, 0.2) is 0 Å². The number of hydrogen-bond acceptors (Lipinski definition) is 2. The van der Waals surface area contributed by atoms with Gasteiger partial charge < -0.3 is 11.1 Å². The predicted octanol–water partition coefficient (Wildman–Crippen LogP) is 2.26. The van der Waals surface area contributed by atoms with E-state index in [9.17, 15) is 4.79 Å². The van der Waals surface area contributed by atoms with Gasteiger partial charge in [-0.2, -0.15) is 0 Å². The van der Waals surface area contributed by atoms with Crippen LogP contribution in [0.4, 0.5) is 5.69 Å². The Labute approximate surface area is 103 Å². The fourth-order valence-electron chi connectivity index (χ4n) is 1.37. The highest BCUT2D eigenvalue weighted by Crippen LogP contribution is 2.19. The summed E-state index contributed by atoms with van der Waals surface area (Å²) in [5, 5.41) is 2.91. The molecular weight excluding hydrogens is 224 g/mol. The van der Waals surface area contributed by atoms with E-state index >= 15 is 0 Å². The van der Waals surface area contributed by atoms with Crippen LogP contribution in [0.15, 0.2) is 18.2 Å². The van der Waals surface area contributed by atoms with Crippen molar-refractivity contribution in [3.05, 3.63) is 29.3 Å². The summed E-state index contributed by atoms with van der Waals surface area (Å²) in [5.41, 5.74) is 8.50. The second kappa shape index (κ2) is 6.51. The van der Waals surface area contributed by atoms with Gasteiger partial charge in [-0.3, -0.25) is 4.79 Å².